The molecular formula is C15H22ClN3O. The summed E-state index contributed by atoms with van der Waals surface area (Å²) in [7, 11) is 0. The van der Waals surface area contributed by atoms with Gasteiger partial charge in [-0.05, 0) is 38.5 Å². The Morgan fingerprint density at radius 2 is 1.90 bits per heavy atom. The molecule has 2 rings (SSSR count). The first kappa shape index (κ1) is 16.4. The van der Waals surface area contributed by atoms with Crippen LogP contribution in [-0.2, 0) is 13.1 Å². The van der Waals surface area contributed by atoms with Crippen molar-refractivity contribution in [3.8, 4) is 5.75 Å². The monoisotopic (exact) mass is 295 g/mol. The number of benzene rings is 1. The molecule has 0 atom stereocenters. The molecule has 0 aliphatic carbocycles. The van der Waals surface area contributed by atoms with E-state index in [-0.39, 0.29) is 12.4 Å². The average Bonchev–Trinajstić information content (AvgIpc) is 2.79. The highest BCUT2D eigenvalue weighted by Crippen LogP contribution is 2.16. The van der Waals surface area contributed by atoms with Crippen LogP contribution in [0.1, 0.15) is 25.1 Å². The van der Waals surface area contributed by atoms with Crippen molar-refractivity contribution >= 4 is 18.1 Å². The van der Waals surface area contributed by atoms with Gasteiger partial charge in [-0.25, -0.2) is 0 Å². The molecule has 0 bridgehead atoms. The third-order valence-corrected chi connectivity index (χ3v) is 2.99. The van der Waals surface area contributed by atoms with Gasteiger partial charge >= 0.3 is 0 Å². The molecule has 0 saturated heterocycles. The summed E-state index contributed by atoms with van der Waals surface area (Å²) in [4.78, 5) is 0. The molecule has 0 fully saturated rings. The van der Waals surface area contributed by atoms with Crippen molar-refractivity contribution < 1.29 is 4.74 Å². The summed E-state index contributed by atoms with van der Waals surface area (Å²) in [6, 6.07) is 8.17. The molecule has 0 aliphatic rings. The van der Waals surface area contributed by atoms with Gasteiger partial charge in [-0.3, -0.25) is 4.68 Å². The number of aromatic nitrogens is 2. The number of aryl methyl sites for hydroxylation is 2. The molecular weight excluding hydrogens is 274 g/mol. The topological polar surface area (TPSA) is 39.1 Å². The summed E-state index contributed by atoms with van der Waals surface area (Å²) in [6.07, 6.45) is 2.05. The second-order valence-electron chi connectivity index (χ2n) is 4.41. The van der Waals surface area contributed by atoms with Crippen LogP contribution in [-0.4, -0.2) is 16.4 Å². The van der Waals surface area contributed by atoms with Gasteiger partial charge < -0.3 is 10.1 Å². The fourth-order valence-corrected chi connectivity index (χ4v) is 1.92. The Balaban J connectivity index is 0.00000200. The molecule has 0 saturated carbocycles. The molecule has 0 unspecified atom stereocenters. The highest BCUT2D eigenvalue weighted by Gasteiger charge is 2.03. The van der Waals surface area contributed by atoms with E-state index in [4.69, 9.17) is 4.74 Å². The number of hydrogen-bond acceptors (Lipinski definition) is 3. The predicted octanol–water partition coefficient (Wildman–Crippen LogP) is 3.64. The standard InChI is InChI=1S/C15H21N3O.ClH/c1-4-18-11-15(12(3)17-18)16-10-13-6-8-14(9-7-13)19-5-2;/h6-9,11,16H,4-5,10H2,1-3H3;1H. The lowest BCUT2D eigenvalue weighted by atomic mass is 10.2. The average molecular weight is 296 g/mol. The molecule has 1 N–H and O–H groups in total. The lowest BCUT2D eigenvalue weighted by Gasteiger charge is -2.07. The number of rotatable bonds is 6. The van der Waals surface area contributed by atoms with E-state index < -0.39 is 0 Å². The summed E-state index contributed by atoms with van der Waals surface area (Å²) < 4.78 is 7.37. The second-order valence-corrected chi connectivity index (χ2v) is 4.41. The van der Waals surface area contributed by atoms with Crippen molar-refractivity contribution in [1.82, 2.24) is 9.78 Å². The van der Waals surface area contributed by atoms with Gasteiger partial charge in [-0.1, -0.05) is 12.1 Å². The van der Waals surface area contributed by atoms with Crippen molar-refractivity contribution in [3.05, 3.63) is 41.7 Å². The molecule has 0 radical (unpaired) electrons. The minimum atomic E-state index is 0. The minimum Gasteiger partial charge on any atom is -0.494 e. The molecule has 2 aromatic rings. The maximum Gasteiger partial charge on any atom is 0.119 e. The van der Waals surface area contributed by atoms with E-state index in [1.807, 2.05) is 36.9 Å². The smallest absolute Gasteiger partial charge is 0.119 e. The number of nitrogens with one attached hydrogen (secondary N) is 1. The zero-order valence-corrected chi connectivity index (χ0v) is 13.0. The van der Waals surface area contributed by atoms with Gasteiger partial charge in [-0.15, -0.1) is 12.4 Å². The SMILES string of the molecule is CCOc1ccc(CNc2cn(CC)nc2C)cc1.Cl. The fourth-order valence-electron chi connectivity index (χ4n) is 1.92. The predicted molar refractivity (Wildman–Crippen MR) is 84.8 cm³/mol. The largest absolute Gasteiger partial charge is 0.494 e. The number of anilines is 1. The van der Waals surface area contributed by atoms with Crippen molar-refractivity contribution in [2.45, 2.75) is 33.9 Å². The summed E-state index contributed by atoms with van der Waals surface area (Å²) in [5.41, 5.74) is 3.36. The third kappa shape index (κ3) is 4.17. The summed E-state index contributed by atoms with van der Waals surface area (Å²) in [5, 5.41) is 7.83. The van der Waals surface area contributed by atoms with Crippen LogP contribution in [0.15, 0.2) is 30.5 Å². The minimum absolute atomic E-state index is 0. The number of hydrogen-bond donors (Lipinski definition) is 1. The Bertz CT molecular complexity index is 522. The zero-order valence-electron chi connectivity index (χ0n) is 12.2. The van der Waals surface area contributed by atoms with E-state index in [0.717, 1.165) is 30.2 Å². The van der Waals surface area contributed by atoms with Crippen LogP contribution in [0.4, 0.5) is 5.69 Å². The Hall–Kier alpha value is -1.68. The van der Waals surface area contributed by atoms with Gasteiger partial charge in [0.25, 0.3) is 0 Å². The fraction of sp³-hybridized carbons (Fsp3) is 0.400. The molecule has 0 amide bonds. The van der Waals surface area contributed by atoms with E-state index in [9.17, 15) is 0 Å². The molecule has 110 valence electrons. The van der Waals surface area contributed by atoms with Crippen LogP contribution in [0.2, 0.25) is 0 Å². The Morgan fingerprint density at radius 1 is 1.20 bits per heavy atom. The number of nitrogens with zero attached hydrogens (tertiary/aromatic N) is 2. The van der Waals surface area contributed by atoms with Crippen LogP contribution in [0.25, 0.3) is 0 Å². The van der Waals surface area contributed by atoms with E-state index >= 15 is 0 Å². The van der Waals surface area contributed by atoms with Crippen molar-refractivity contribution in [3.63, 3.8) is 0 Å². The molecule has 1 heterocycles. The molecule has 1 aromatic heterocycles. The number of ether oxygens (including phenoxy) is 1. The first-order chi connectivity index (χ1) is 9.22. The third-order valence-electron chi connectivity index (χ3n) is 2.99. The molecule has 0 spiro atoms. The summed E-state index contributed by atoms with van der Waals surface area (Å²) >= 11 is 0. The van der Waals surface area contributed by atoms with Crippen molar-refractivity contribution in [2.75, 3.05) is 11.9 Å². The van der Waals surface area contributed by atoms with Crippen LogP contribution in [0, 0.1) is 6.92 Å². The van der Waals surface area contributed by atoms with E-state index in [1.165, 1.54) is 5.56 Å². The molecule has 0 aliphatic heterocycles. The highest BCUT2D eigenvalue weighted by atomic mass is 35.5. The zero-order chi connectivity index (χ0) is 13.7. The van der Waals surface area contributed by atoms with Gasteiger partial charge in [0.1, 0.15) is 5.75 Å². The maximum atomic E-state index is 5.43. The Kier molecular flexibility index (Phi) is 6.39. The van der Waals surface area contributed by atoms with Gasteiger partial charge in [0.05, 0.1) is 18.0 Å². The van der Waals surface area contributed by atoms with Gasteiger partial charge in [-0.2, -0.15) is 5.10 Å². The van der Waals surface area contributed by atoms with Crippen molar-refractivity contribution in [1.29, 1.82) is 0 Å². The molecule has 1 aromatic carbocycles. The lowest BCUT2D eigenvalue weighted by molar-refractivity contribution is 0.340. The van der Waals surface area contributed by atoms with Crippen LogP contribution in [0.3, 0.4) is 0 Å². The maximum absolute atomic E-state index is 5.43. The lowest BCUT2D eigenvalue weighted by Crippen LogP contribution is -2.00. The first-order valence-electron chi connectivity index (χ1n) is 6.72. The normalized spacial score (nSPS) is 9.95. The summed E-state index contributed by atoms with van der Waals surface area (Å²) in [5.74, 6) is 0.918. The van der Waals surface area contributed by atoms with E-state index in [0.29, 0.717) is 6.61 Å². The quantitative estimate of drug-likeness (QED) is 0.884. The molecule has 20 heavy (non-hydrogen) atoms. The molecule has 5 heteroatoms. The van der Waals surface area contributed by atoms with Crippen LogP contribution in [0.5, 0.6) is 5.75 Å². The van der Waals surface area contributed by atoms with Crippen LogP contribution >= 0.6 is 12.4 Å². The van der Waals surface area contributed by atoms with Crippen LogP contribution < -0.4 is 10.1 Å². The Labute approximate surface area is 126 Å². The van der Waals surface area contributed by atoms with Gasteiger partial charge in [0.15, 0.2) is 0 Å². The second kappa shape index (κ2) is 7.80. The molecule has 4 nitrogen and oxygen atoms in total. The summed E-state index contributed by atoms with van der Waals surface area (Å²) in [6.45, 7) is 8.49. The Morgan fingerprint density at radius 3 is 2.45 bits per heavy atom. The number of halogens is 1. The van der Waals surface area contributed by atoms with E-state index in [2.05, 4.69) is 29.5 Å². The first-order valence-corrected chi connectivity index (χ1v) is 6.72. The van der Waals surface area contributed by atoms with Gasteiger partial charge in [0, 0.05) is 19.3 Å². The van der Waals surface area contributed by atoms with E-state index in [1.54, 1.807) is 0 Å². The van der Waals surface area contributed by atoms with Gasteiger partial charge in [0.2, 0.25) is 0 Å². The van der Waals surface area contributed by atoms with Crippen molar-refractivity contribution in [2.24, 2.45) is 0 Å². The highest BCUT2D eigenvalue weighted by molar-refractivity contribution is 5.85.